The van der Waals surface area contributed by atoms with Gasteiger partial charge in [-0.15, -0.1) is 0 Å². The van der Waals surface area contributed by atoms with Crippen LogP contribution in [0.2, 0.25) is 0 Å². The van der Waals surface area contributed by atoms with Gasteiger partial charge in [-0.1, -0.05) is 19.9 Å². The molecule has 0 atom stereocenters. The minimum atomic E-state index is -0.481. The van der Waals surface area contributed by atoms with E-state index in [1.165, 1.54) is 12.1 Å². The quantitative estimate of drug-likeness (QED) is 0.613. The molecule has 7 heteroatoms. The Morgan fingerprint density at radius 2 is 2.08 bits per heavy atom. The van der Waals surface area contributed by atoms with Crippen molar-refractivity contribution in [1.82, 2.24) is 9.78 Å². The third-order valence-electron chi connectivity index (χ3n) is 4.01. The Balaban J connectivity index is 2.00. The molecular formula is C18H24N4O3. The molecule has 2 aromatic rings. The first-order valence-electron chi connectivity index (χ1n) is 8.35. The van der Waals surface area contributed by atoms with Gasteiger partial charge < -0.3 is 5.32 Å². The molecule has 2 rings (SSSR count). The van der Waals surface area contributed by atoms with Crippen LogP contribution in [0.25, 0.3) is 0 Å². The zero-order valence-corrected chi connectivity index (χ0v) is 15.1. The summed E-state index contributed by atoms with van der Waals surface area (Å²) in [5.41, 5.74) is 3.52. The number of rotatable bonds is 7. The molecule has 0 saturated heterocycles. The predicted molar refractivity (Wildman–Crippen MR) is 96.6 cm³/mol. The lowest BCUT2D eigenvalue weighted by molar-refractivity contribution is -0.384. The van der Waals surface area contributed by atoms with Crippen LogP contribution in [0.1, 0.15) is 37.2 Å². The third kappa shape index (κ3) is 4.89. The van der Waals surface area contributed by atoms with E-state index < -0.39 is 4.92 Å². The molecule has 0 aliphatic carbocycles. The molecule has 134 valence electrons. The molecule has 0 bridgehead atoms. The number of nitrogens with one attached hydrogen (secondary N) is 1. The third-order valence-corrected chi connectivity index (χ3v) is 4.01. The average Bonchev–Trinajstić information content (AvgIpc) is 2.79. The summed E-state index contributed by atoms with van der Waals surface area (Å²) in [7, 11) is 0. The maximum Gasteiger partial charge on any atom is 0.271 e. The molecular weight excluding hydrogens is 320 g/mol. The first-order valence-corrected chi connectivity index (χ1v) is 8.35. The number of carbonyl (C=O) groups is 1. The summed E-state index contributed by atoms with van der Waals surface area (Å²) in [5, 5.41) is 18.1. The molecule has 0 saturated carbocycles. The van der Waals surface area contributed by atoms with Crippen LogP contribution in [0.5, 0.6) is 0 Å². The molecule has 1 amide bonds. The van der Waals surface area contributed by atoms with E-state index in [4.69, 9.17) is 0 Å². The van der Waals surface area contributed by atoms with Crippen molar-refractivity contribution in [2.75, 3.05) is 5.32 Å². The maximum atomic E-state index is 12.2. The number of carbonyl (C=O) groups excluding carboxylic acids is 1. The van der Waals surface area contributed by atoms with E-state index in [0.717, 1.165) is 23.5 Å². The van der Waals surface area contributed by atoms with Crippen molar-refractivity contribution in [2.24, 2.45) is 5.92 Å². The van der Waals surface area contributed by atoms with Gasteiger partial charge in [0.15, 0.2) is 0 Å². The van der Waals surface area contributed by atoms with E-state index in [1.54, 1.807) is 12.1 Å². The molecule has 1 heterocycles. The number of non-ortho nitro benzene ring substituents is 1. The molecule has 0 unspecified atom stereocenters. The first kappa shape index (κ1) is 18.6. The molecule has 0 aliphatic rings. The van der Waals surface area contributed by atoms with Gasteiger partial charge in [0.25, 0.3) is 5.69 Å². The molecule has 0 aliphatic heterocycles. The van der Waals surface area contributed by atoms with Crippen molar-refractivity contribution < 1.29 is 9.72 Å². The fraction of sp³-hybridized carbons (Fsp3) is 0.444. The van der Waals surface area contributed by atoms with E-state index in [-0.39, 0.29) is 11.6 Å². The van der Waals surface area contributed by atoms with Crippen molar-refractivity contribution in [3.63, 3.8) is 0 Å². The largest absolute Gasteiger partial charge is 0.326 e. The molecule has 1 aromatic carbocycles. The Morgan fingerprint density at radius 3 is 2.72 bits per heavy atom. The molecule has 25 heavy (non-hydrogen) atoms. The van der Waals surface area contributed by atoms with Crippen LogP contribution < -0.4 is 5.32 Å². The zero-order chi connectivity index (χ0) is 18.6. The van der Waals surface area contributed by atoms with Crippen LogP contribution in [0.4, 0.5) is 11.4 Å². The highest BCUT2D eigenvalue weighted by molar-refractivity contribution is 5.91. The lowest BCUT2D eigenvalue weighted by atomic mass is 10.1. The van der Waals surface area contributed by atoms with Gasteiger partial charge >= 0.3 is 0 Å². The van der Waals surface area contributed by atoms with E-state index >= 15 is 0 Å². The zero-order valence-electron chi connectivity index (χ0n) is 15.1. The lowest BCUT2D eigenvalue weighted by Gasteiger charge is -2.08. The molecule has 1 N–H and O–H groups in total. The number of nitrogens with zero attached hydrogens (tertiary/aromatic N) is 3. The Bertz CT molecular complexity index is 781. The first-order chi connectivity index (χ1) is 11.8. The smallest absolute Gasteiger partial charge is 0.271 e. The number of aromatic nitrogens is 2. The van der Waals surface area contributed by atoms with Gasteiger partial charge in [0.05, 0.1) is 10.6 Å². The minimum absolute atomic E-state index is 0.0422. The predicted octanol–water partition coefficient (Wildman–Crippen LogP) is 3.64. The normalized spacial score (nSPS) is 10.9. The minimum Gasteiger partial charge on any atom is -0.326 e. The van der Waals surface area contributed by atoms with Gasteiger partial charge in [0, 0.05) is 36.5 Å². The van der Waals surface area contributed by atoms with Crippen molar-refractivity contribution >= 4 is 17.3 Å². The van der Waals surface area contributed by atoms with E-state index in [1.807, 2.05) is 18.5 Å². The summed E-state index contributed by atoms with van der Waals surface area (Å²) >= 11 is 0. The highest BCUT2D eigenvalue weighted by Gasteiger charge is 2.14. The SMILES string of the molecule is Cc1nn(CC(C)C)c(C)c1CCC(=O)Nc1cccc([N+](=O)[O-])c1. The summed E-state index contributed by atoms with van der Waals surface area (Å²) in [6.07, 6.45) is 0.897. The van der Waals surface area contributed by atoms with Gasteiger partial charge in [-0.25, -0.2) is 0 Å². The number of benzene rings is 1. The summed E-state index contributed by atoms with van der Waals surface area (Å²) in [5.74, 6) is 0.332. The van der Waals surface area contributed by atoms with Crippen LogP contribution in [0.15, 0.2) is 24.3 Å². The highest BCUT2D eigenvalue weighted by atomic mass is 16.6. The standard InChI is InChI=1S/C18H24N4O3/c1-12(2)11-21-14(4)17(13(3)20-21)8-9-18(23)19-15-6-5-7-16(10-15)22(24)25/h5-7,10,12H,8-9,11H2,1-4H3,(H,19,23). The van der Waals surface area contributed by atoms with E-state index in [9.17, 15) is 14.9 Å². The Kier molecular flexibility index (Phi) is 5.90. The fourth-order valence-corrected chi connectivity index (χ4v) is 2.78. The number of hydrogen-bond acceptors (Lipinski definition) is 4. The number of nitro benzene ring substituents is 1. The van der Waals surface area contributed by atoms with Crippen LogP contribution in [-0.2, 0) is 17.8 Å². The summed E-state index contributed by atoms with van der Waals surface area (Å²) in [6.45, 7) is 9.12. The molecule has 0 radical (unpaired) electrons. The number of hydrogen-bond donors (Lipinski definition) is 1. The van der Waals surface area contributed by atoms with Gasteiger partial charge in [0.2, 0.25) is 5.91 Å². The Labute approximate surface area is 147 Å². The van der Waals surface area contributed by atoms with E-state index in [0.29, 0.717) is 24.4 Å². The van der Waals surface area contributed by atoms with Crippen molar-refractivity contribution in [1.29, 1.82) is 0 Å². The van der Waals surface area contributed by atoms with Crippen molar-refractivity contribution in [3.05, 3.63) is 51.3 Å². The van der Waals surface area contributed by atoms with E-state index in [2.05, 4.69) is 24.3 Å². The van der Waals surface area contributed by atoms with Crippen molar-refractivity contribution in [3.8, 4) is 0 Å². The molecule has 0 fully saturated rings. The maximum absolute atomic E-state index is 12.2. The summed E-state index contributed by atoms with van der Waals surface area (Å²) in [6, 6.07) is 5.95. The van der Waals surface area contributed by atoms with Gasteiger partial charge in [-0.3, -0.25) is 19.6 Å². The fourth-order valence-electron chi connectivity index (χ4n) is 2.78. The van der Waals surface area contributed by atoms with Crippen LogP contribution in [0.3, 0.4) is 0 Å². The van der Waals surface area contributed by atoms with Gasteiger partial charge in [0.1, 0.15) is 0 Å². The Morgan fingerprint density at radius 1 is 1.36 bits per heavy atom. The Hall–Kier alpha value is -2.70. The second-order valence-electron chi connectivity index (χ2n) is 6.58. The van der Waals surface area contributed by atoms with Gasteiger partial charge in [-0.2, -0.15) is 5.10 Å². The van der Waals surface area contributed by atoms with Crippen LogP contribution >= 0.6 is 0 Å². The topological polar surface area (TPSA) is 90.1 Å². The van der Waals surface area contributed by atoms with Crippen molar-refractivity contribution in [2.45, 2.75) is 47.1 Å². The molecule has 0 spiro atoms. The highest BCUT2D eigenvalue weighted by Crippen LogP contribution is 2.19. The molecule has 1 aromatic heterocycles. The number of amides is 1. The summed E-state index contributed by atoms with van der Waals surface area (Å²) in [4.78, 5) is 22.5. The lowest BCUT2D eigenvalue weighted by Crippen LogP contribution is -2.13. The second kappa shape index (κ2) is 7.92. The van der Waals surface area contributed by atoms with Crippen LogP contribution in [0, 0.1) is 29.9 Å². The van der Waals surface area contributed by atoms with Gasteiger partial charge in [-0.05, 0) is 37.8 Å². The summed E-state index contributed by atoms with van der Waals surface area (Å²) < 4.78 is 1.99. The molecule has 7 nitrogen and oxygen atoms in total. The monoisotopic (exact) mass is 344 g/mol. The average molecular weight is 344 g/mol. The second-order valence-corrected chi connectivity index (χ2v) is 6.58. The van der Waals surface area contributed by atoms with Crippen LogP contribution in [-0.4, -0.2) is 20.6 Å². The number of aryl methyl sites for hydroxylation is 1. The number of anilines is 1. The number of nitro groups is 1.